The van der Waals surface area contributed by atoms with E-state index in [0.29, 0.717) is 6.61 Å². The monoisotopic (exact) mass is 458 g/mol. The molecule has 0 spiro atoms. The Bertz CT molecular complexity index is 1220. The van der Waals surface area contributed by atoms with Crippen LogP contribution in [0.15, 0.2) is 85.5 Å². The Morgan fingerprint density at radius 3 is 2.24 bits per heavy atom. The van der Waals surface area contributed by atoms with Crippen LogP contribution >= 0.6 is 0 Å². The maximum atomic E-state index is 11.5. The maximum absolute atomic E-state index is 11.5. The van der Waals surface area contributed by atoms with Crippen LogP contribution in [-0.4, -0.2) is 24.5 Å². The lowest BCUT2D eigenvalue weighted by molar-refractivity contribution is 0.306. The van der Waals surface area contributed by atoms with Crippen molar-refractivity contribution in [1.29, 1.82) is 0 Å². The number of hydrogen-bond acceptors (Lipinski definition) is 4. The highest BCUT2D eigenvalue weighted by Crippen LogP contribution is 2.29. The van der Waals surface area contributed by atoms with Crippen molar-refractivity contribution in [3.63, 3.8) is 0 Å². The van der Waals surface area contributed by atoms with Gasteiger partial charge >= 0.3 is 0 Å². The lowest BCUT2D eigenvalue weighted by Gasteiger charge is -2.16. The van der Waals surface area contributed by atoms with Gasteiger partial charge < -0.3 is 9.29 Å². The summed E-state index contributed by atoms with van der Waals surface area (Å²) in [6, 6.07) is 22.4. The lowest BCUT2D eigenvalue weighted by Crippen LogP contribution is -2.11. The van der Waals surface area contributed by atoms with Gasteiger partial charge in [0, 0.05) is 18.3 Å². The molecule has 0 radical (unpaired) electrons. The van der Waals surface area contributed by atoms with Crippen LogP contribution in [0.25, 0.3) is 11.1 Å². The SMILES string of the molecule is Cc1cccc(C)c1-c1cccc(COc2ccc(C(CS(=O)O)c3cncnc3)cc2)c1. The van der Waals surface area contributed by atoms with Crippen molar-refractivity contribution in [3.05, 3.63) is 113 Å². The molecule has 1 N–H and O–H groups in total. The highest BCUT2D eigenvalue weighted by Gasteiger charge is 2.18. The lowest BCUT2D eigenvalue weighted by atomic mass is 9.95. The van der Waals surface area contributed by atoms with Crippen molar-refractivity contribution in [2.75, 3.05) is 5.75 Å². The first-order valence-corrected chi connectivity index (χ1v) is 12.0. The maximum Gasteiger partial charge on any atom is 0.153 e. The first-order valence-electron chi connectivity index (χ1n) is 10.7. The second kappa shape index (κ2) is 10.5. The zero-order chi connectivity index (χ0) is 23.2. The van der Waals surface area contributed by atoms with Crippen molar-refractivity contribution in [2.45, 2.75) is 26.4 Å². The van der Waals surface area contributed by atoms with Gasteiger partial charge in [0.25, 0.3) is 0 Å². The number of aromatic nitrogens is 2. The molecule has 0 aliphatic rings. The Balaban J connectivity index is 1.48. The molecule has 3 aromatic carbocycles. The minimum atomic E-state index is -1.94. The Labute approximate surface area is 196 Å². The molecule has 0 saturated heterocycles. The quantitative estimate of drug-likeness (QED) is 0.343. The van der Waals surface area contributed by atoms with Crippen LogP contribution in [-0.2, 0) is 17.7 Å². The topological polar surface area (TPSA) is 72.3 Å². The van der Waals surface area contributed by atoms with E-state index < -0.39 is 11.1 Å². The molecule has 6 heteroatoms. The van der Waals surface area contributed by atoms with Crippen LogP contribution in [0.4, 0.5) is 0 Å². The van der Waals surface area contributed by atoms with E-state index in [9.17, 15) is 8.76 Å². The molecule has 5 nitrogen and oxygen atoms in total. The molecule has 1 aromatic heterocycles. The first-order chi connectivity index (χ1) is 16.0. The third-order valence-corrected chi connectivity index (χ3v) is 6.30. The van der Waals surface area contributed by atoms with E-state index in [2.05, 4.69) is 66.3 Å². The van der Waals surface area contributed by atoms with E-state index in [-0.39, 0.29) is 11.7 Å². The van der Waals surface area contributed by atoms with Gasteiger partial charge in [-0.3, -0.25) is 0 Å². The first kappa shape index (κ1) is 22.8. The van der Waals surface area contributed by atoms with E-state index in [1.807, 2.05) is 24.3 Å². The summed E-state index contributed by atoms with van der Waals surface area (Å²) in [4.78, 5) is 8.08. The standard InChI is InChI=1S/C27H26N2O3S/c1-19-5-3-6-20(2)27(19)23-8-4-7-21(13-23)16-32-25-11-9-22(10-12-25)26(17-33(30)31)24-14-28-18-29-15-24/h3-15,18,26H,16-17H2,1-2H3,(H,30,31). The molecule has 0 aliphatic heterocycles. The van der Waals surface area contributed by atoms with Crippen LogP contribution in [0, 0.1) is 13.8 Å². The summed E-state index contributed by atoms with van der Waals surface area (Å²) in [6.45, 7) is 4.72. The van der Waals surface area contributed by atoms with Gasteiger partial charge in [-0.25, -0.2) is 14.2 Å². The number of ether oxygens (including phenoxy) is 1. The summed E-state index contributed by atoms with van der Waals surface area (Å²) in [5.74, 6) is 0.558. The highest BCUT2D eigenvalue weighted by atomic mass is 32.2. The van der Waals surface area contributed by atoms with E-state index >= 15 is 0 Å². The van der Waals surface area contributed by atoms with Gasteiger partial charge in [0.15, 0.2) is 11.1 Å². The molecule has 0 fully saturated rings. The van der Waals surface area contributed by atoms with Crippen LogP contribution in [0.5, 0.6) is 5.75 Å². The molecule has 0 saturated carbocycles. The van der Waals surface area contributed by atoms with Crippen LogP contribution < -0.4 is 4.74 Å². The molecule has 168 valence electrons. The molecule has 0 aliphatic carbocycles. The Morgan fingerprint density at radius 2 is 1.58 bits per heavy atom. The molecule has 1 heterocycles. The van der Waals surface area contributed by atoms with Gasteiger partial charge in [0.2, 0.25) is 0 Å². The van der Waals surface area contributed by atoms with Gasteiger partial charge in [-0.2, -0.15) is 0 Å². The number of hydrogen-bond donors (Lipinski definition) is 1. The van der Waals surface area contributed by atoms with Crippen LogP contribution in [0.1, 0.15) is 33.7 Å². The summed E-state index contributed by atoms with van der Waals surface area (Å²) in [5.41, 5.74) is 7.77. The van der Waals surface area contributed by atoms with Crippen molar-refractivity contribution >= 4 is 11.1 Å². The third kappa shape index (κ3) is 5.72. The fourth-order valence-electron chi connectivity index (χ4n) is 4.07. The fourth-order valence-corrected chi connectivity index (χ4v) is 4.74. The fraction of sp³-hybridized carbons (Fsp3) is 0.185. The van der Waals surface area contributed by atoms with E-state index in [4.69, 9.17) is 4.74 Å². The van der Waals surface area contributed by atoms with Gasteiger partial charge in [-0.05, 0) is 71.0 Å². The molecule has 2 unspecified atom stereocenters. The molecular formula is C27H26N2O3S. The van der Waals surface area contributed by atoms with Crippen molar-refractivity contribution in [3.8, 4) is 16.9 Å². The molecule has 0 amide bonds. The summed E-state index contributed by atoms with van der Waals surface area (Å²) in [6.07, 6.45) is 4.80. The van der Waals surface area contributed by atoms with Gasteiger partial charge in [0.1, 0.15) is 18.7 Å². The molecule has 2 atom stereocenters. The molecular weight excluding hydrogens is 432 g/mol. The third-order valence-electron chi connectivity index (χ3n) is 5.68. The van der Waals surface area contributed by atoms with Crippen molar-refractivity contribution in [1.82, 2.24) is 9.97 Å². The summed E-state index contributed by atoms with van der Waals surface area (Å²) in [5, 5.41) is 0. The van der Waals surface area contributed by atoms with E-state index in [1.54, 1.807) is 12.4 Å². The Hall–Kier alpha value is -3.35. The molecule has 0 bridgehead atoms. The molecule has 33 heavy (non-hydrogen) atoms. The largest absolute Gasteiger partial charge is 0.489 e. The van der Waals surface area contributed by atoms with Gasteiger partial charge in [-0.15, -0.1) is 0 Å². The Kier molecular flexibility index (Phi) is 7.27. The number of rotatable bonds is 8. The number of benzene rings is 3. The van der Waals surface area contributed by atoms with E-state index in [1.165, 1.54) is 28.6 Å². The average molecular weight is 459 g/mol. The predicted octanol–water partition coefficient (Wildman–Crippen LogP) is 5.69. The zero-order valence-electron chi connectivity index (χ0n) is 18.6. The summed E-state index contributed by atoms with van der Waals surface area (Å²) < 4.78 is 27.0. The minimum absolute atomic E-state index is 0.0820. The smallest absolute Gasteiger partial charge is 0.153 e. The molecule has 4 aromatic rings. The summed E-state index contributed by atoms with van der Waals surface area (Å²) >= 11 is -1.94. The van der Waals surface area contributed by atoms with Crippen molar-refractivity contribution < 1.29 is 13.5 Å². The van der Waals surface area contributed by atoms with Gasteiger partial charge in [-0.1, -0.05) is 48.5 Å². The Morgan fingerprint density at radius 1 is 0.909 bits per heavy atom. The van der Waals surface area contributed by atoms with E-state index in [0.717, 1.165) is 22.4 Å². The minimum Gasteiger partial charge on any atom is -0.489 e. The number of aryl methyl sites for hydroxylation is 2. The van der Waals surface area contributed by atoms with Crippen LogP contribution in [0.2, 0.25) is 0 Å². The molecule has 4 rings (SSSR count). The second-order valence-electron chi connectivity index (χ2n) is 8.04. The van der Waals surface area contributed by atoms with Gasteiger partial charge in [0.05, 0.1) is 5.75 Å². The summed E-state index contributed by atoms with van der Waals surface area (Å²) in [7, 11) is 0. The average Bonchev–Trinajstić information content (AvgIpc) is 2.82. The number of nitrogens with zero attached hydrogens (tertiary/aromatic N) is 2. The zero-order valence-corrected chi connectivity index (χ0v) is 19.5. The van der Waals surface area contributed by atoms with Crippen LogP contribution in [0.3, 0.4) is 0 Å². The van der Waals surface area contributed by atoms with Crippen molar-refractivity contribution in [2.24, 2.45) is 0 Å². The second-order valence-corrected chi connectivity index (χ2v) is 9.01. The normalized spacial score (nSPS) is 12.8. The predicted molar refractivity (Wildman–Crippen MR) is 132 cm³/mol. The highest BCUT2D eigenvalue weighted by molar-refractivity contribution is 7.79.